The van der Waals surface area contributed by atoms with Gasteiger partial charge in [-0.1, -0.05) is 17.7 Å². The van der Waals surface area contributed by atoms with Gasteiger partial charge in [0, 0.05) is 41.3 Å². The summed E-state index contributed by atoms with van der Waals surface area (Å²) in [4.78, 5) is 23.8. The smallest absolute Gasteiger partial charge is 0.227 e. The predicted molar refractivity (Wildman–Crippen MR) is 124 cm³/mol. The van der Waals surface area contributed by atoms with Gasteiger partial charge in [-0.2, -0.15) is 0 Å². The summed E-state index contributed by atoms with van der Waals surface area (Å²) in [5, 5.41) is 3.66. The van der Waals surface area contributed by atoms with Crippen LogP contribution in [-0.2, 0) is 4.79 Å². The number of ether oxygens (including phenoxy) is 1. The first-order valence-electron chi connectivity index (χ1n) is 10.3. The monoisotopic (exact) mass is 436 g/mol. The van der Waals surface area contributed by atoms with Gasteiger partial charge in [0.1, 0.15) is 17.9 Å². The van der Waals surface area contributed by atoms with Crippen molar-refractivity contribution < 1.29 is 9.53 Å². The number of nitrogens with one attached hydrogen (secondary N) is 1. The molecule has 0 spiro atoms. The summed E-state index contributed by atoms with van der Waals surface area (Å²) in [6.07, 6.45) is 3.14. The Morgan fingerprint density at radius 1 is 1.10 bits per heavy atom. The maximum atomic E-state index is 12.8. The van der Waals surface area contributed by atoms with Crippen LogP contribution in [-0.4, -0.2) is 36.1 Å². The van der Waals surface area contributed by atoms with E-state index >= 15 is 0 Å². The van der Waals surface area contributed by atoms with Gasteiger partial charge in [-0.25, -0.2) is 9.97 Å². The average Bonchev–Trinajstić information content (AvgIpc) is 2.81. The second kappa shape index (κ2) is 9.35. The molecule has 1 aliphatic heterocycles. The van der Waals surface area contributed by atoms with Crippen molar-refractivity contribution in [3.8, 4) is 17.0 Å². The Labute approximate surface area is 187 Å². The van der Waals surface area contributed by atoms with E-state index in [0.717, 1.165) is 60.0 Å². The van der Waals surface area contributed by atoms with Crippen LogP contribution in [0, 0.1) is 12.8 Å². The number of carbonyl (C=O) groups excluding carboxylic acids is 1. The number of anilines is 2. The molecule has 0 bridgehead atoms. The van der Waals surface area contributed by atoms with E-state index in [9.17, 15) is 4.79 Å². The van der Waals surface area contributed by atoms with Crippen molar-refractivity contribution in [2.75, 3.05) is 30.4 Å². The van der Waals surface area contributed by atoms with Crippen molar-refractivity contribution in [2.24, 2.45) is 5.92 Å². The zero-order valence-corrected chi connectivity index (χ0v) is 18.4. The van der Waals surface area contributed by atoms with Gasteiger partial charge in [0.2, 0.25) is 5.91 Å². The molecule has 6 nitrogen and oxygen atoms in total. The lowest BCUT2D eigenvalue weighted by molar-refractivity contribution is -0.120. The number of hydrogen-bond donors (Lipinski definition) is 1. The molecular formula is C24H25ClN4O2. The molecule has 1 N–H and O–H groups in total. The van der Waals surface area contributed by atoms with Gasteiger partial charge in [0.25, 0.3) is 0 Å². The predicted octanol–water partition coefficient (Wildman–Crippen LogP) is 4.97. The Balaban J connectivity index is 1.39. The largest absolute Gasteiger partial charge is 0.497 e. The fraction of sp³-hybridized carbons (Fsp3) is 0.292. The summed E-state index contributed by atoms with van der Waals surface area (Å²) in [6, 6.07) is 15.3. The van der Waals surface area contributed by atoms with Crippen molar-refractivity contribution in [1.82, 2.24) is 9.97 Å². The lowest BCUT2D eigenvalue weighted by atomic mass is 9.95. The van der Waals surface area contributed by atoms with E-state index in [-0.39, 0.29) is 11.8 Å². The molecular weight excluding hydrogens is 412 g/mol. The van der Waals surface area contributed by atoms with Crippen LogP contribution in [0.2, 0.25) is 5.02 Å². The van der Waals surface area contributed by atoms with Crippen LogP contribution in [0.15, 0.2) is 54.9 Å². The number of rotatable bonds is 5. The van der Waals surface area contributed by atoms with Gasteiger partial charge in [-0.15, -0.1) is 0 Å². The van der Waals surface area contributed by atoms with Gasteiger partial charge in [-0.3, -0.25) is 4.79 Å². The van der Waals surface area contributed by atoms with E-state index in [4.69, 9.17) is 16.3 Å². The van der Waals surface area contributed by atoms with Crippen LogP contribution < -0.4 is 15.0 Å². The fourth-order valence-electron chi connectivity index (χ4n) is 3.77. The quantitative estimate of drug-likeness (QED) is 0.611. The third kappa shape index (κ3) is 4.97. The molecule has 1 amide bonds. The fourth-order valence-corrected chi connectivity index (χ4v) is 3.95. The second-order valence-corrected chi connectivity index (χ2v) is 8.14. The highest BCUT2D eigenvalue weighted by atomic mass is 35.5. The van der Waals surface area contributed by atoms with Crippen LogP contribution in [0.3, 0.4) is 0 Å². The topological polar surface area (TPSA) is 67.3 Å². The zero-order chi connectivity index (χ0) is 21.8. The van der Waals surface area contributed by atoms with Crippen LogP contribution in [0.25, 0.3) is 11.3 Å². The summed E-state index contributed by atoms with van der Waals surface area (Å²) >= 11 is 6.07. The highest BCUT2D eigenvalue weighted by Gasteiger charge is 2.26. The number of halogens is 1. The molecule has 1 saturated heterocycles. The Morgan fingerprint density at radius 2 is 1.84 bits per heavy atom. The minimum atomic E-state index is -0.0301. The Hall–Kier alpha value is -3.12. The number of piperidine rings is 1. The molecule has 2 aromatic carbocycles. The number of hydrogen-bond acceptors (Lipinski definition) is 5. The summed E-state index contributed by atoms with van der Waals surface area (Å²) < 4.78 is 5.22. The molecule has 1 aromatic heterocycles. The number of amides is 1. The van der Waals surface area contributed by atoms with E-state index < -0.39 is 0 Å². The highest BCUT2D eigenvalue weighted by molar-refractivity contribution is 6.31. The van der Waals surface area contributed by atoms with Gasteiger partial charge in [0.15, 0.2) is 0 Å². The lowest BCUT2D eigenvalue weighted by Gasteiger charge is -2.32. The molecule has 0 atom stereocenters. The lowest BCUT2D eigenvalue weighted by Crippen LogP contribution is -2.38. The van der Waals surface area contributed by atoms with Gasteiger partial charge >= 0.3 is 0 Å². The third-order valence-electron chi connectivity index (χ3n) is 5.69. The number of aryl methyl sites for hydroxylation is 1. The third-order valence-corrected chi connectivity index (χ3v) is 5.92. The molecule has 0 radical (unpaired) electrons. The van der Waals surface area contributed by atoms with Crippen molar-refractivity contribution in [3.63, 3.8) is 0 Å². The van der Waals surface area contributed by atoms with Crippen LogP contribution in [0.5, 0.6) is 5.75 Å². The Bertz CT molecular complexity index is 1060. The Kier molecular flexibility index (Phi) is 6.37. The minimum Gasteiger partial charge on any atom is -0.497 e. The van der Waals surface area contributed by atoms with Crippen molar-refractivity contribution in [3.05, 3.63) is 65.4 Å². The minimum absolute atomic E-state index is 0.0301. The normalized spacial score (nSPS) is 14.4. The number of benzene rings is 2. The molecule has 160 valence electrons. The number of nitrogens with zero attached hydrogens (tertiary/aromatic N) is 3. The van der Waals surface area contributed by atoms with E-state index in [0.29, 0.717) is 5.02 Å². The molecule has 4 rings (SSSR count). The van der Waals surface area contributed by atoms with Crippen LogP contribution in [0.1, 0.15) is 18.4 Å². The van der Waals surface area contributed by atoms with E-state index in [1.54, 1.807) is 19.5 Å². The second-order valence-electron chi connectivity index (χ2n) is 7.70. The molecule has 0 unspecified atom stereocenters. The maximum Gasteiger partial charge on any atom is 0.227 e. The van der Waals surface area contributed by atoms with Gasteiger partial charge < -0.3 is 15.0 Å². The van der Waals surface area contributed by atoms with Crippen molar-refractivity contribution in [1.29, 1.82) is 0 Å². The molecule has 3 aromatic rings. The number of carbonyl (C=O) groups is 1. The molecule has 2 heterocycles. The number of aromatic nitrogens is 2. The molecule has 1 fully saturated rings. The number of methoxy groups -OCH3 is 1. The Morgan fingerprint density at radius 3 is 2.55 bits per heavy atom. The van der Waals surface area contributed by atoms with Crippen LogP contribution in [0.4, 0.5) is 11.5 Å². The van der Waals surface area contributed by atoms with Crippen molar-refractivity contribution >= 4 is 29.0 Å². The van der Waals surface area contributed by atoms with Crippen molar-refractivity contribution in [2.45, 2.75) is 19.8 Å². The molecule has 1 aliphatic rings. The maximum absolute atomic E-state index is 12.8. The van der Waals surface area contributed by atoms with Crippen LogP contribution >= 0.6 is 11.6 Å². The zero-order valence-electron chi connectivity index (χ0n) is 17.6. The summed E-state index contributed by atoms with van der Waals surface area (Å²) in [5.41, 5.74) is 3.65. The van der Waals surface area contributed by atoms with Gasteiger partial charge in [0.05, 0.1) is 12.8 Å². The summed E-state index contributed by atoms with van der Waals surface area (Å²) in [5.74, 6) is 1.71. The SMILES string of the molecule is COc1ccc(-c2cc(N3CCC(C(=O)Nc4cc(Cl)ccc4C)CC3)ncn2)cc1. The first-order valence-corrected chi connectivity index (χ1v) is 10.7. The average molecular weight is 437 g/mol. The first kappa shape index (κ1) is 21.1. The summed E-state index contributed by atoms with van der Waals surface area (Å²) in [7, 11) is 1.65. The molecule has 0 saturated carbocycles. The molecule has 7 heteroatoms. The molecule has 31 heavy (non-hydrogen) atoms. The molecule has 0 aliphatic carbocycles. The van der Waals surface area contributed by atoms with E-state index in [2.05, 4.69) is 20.2 Å². The summed E-state index contributed by atoms with van der Waals surface area (Å²) in [6.45, 7) is 3.50. The highest BCUT2D eigenvalue weighted by Crippen LogP contribution is 2.27. The standard InChI is InChI=1S/C24H25ClN4O2/c1-16-3-6-19(25)13-21(16)28-24(30)18-9-11-29(12-10-18)23-14-22(26-15-27-23)17-4-7-20(31-2)8-5-17/h3-8,13-15,18H,9-12H2,1-2H3,(H,28,30). The van der Waals surface area contributed by atoms with E-state index in [1.165, 1.54) is 0 Å². The van der Waals surface area contributed by atoms with E-state index in [1.807, 2.05) is 49.4 Å². The first-order chi connectivity index (χ1) is 15.0. The van der Waals surface area contributed by atoms with Gasteiger partial charge in [-0.05, 0) is 61.7 Å².